The molecule has 7 nitrogen and oxygen atoms in total. The summed E-state index contributed by atoms with van der Waals surface area (Å²) in [7, 11) is 0. The molecule has 1 aliphatic heterocycles. The number of rotatable bonds is 2. The number of hydrogen-bond donors (Lipinski definition) is 1. The van der Waals surface area contributed by atoms with Crippen LogP contribution in [0, 0.1) is 0 Å². The standard InChI is InChI=1S/C24H26N6O/c31-24(17-6-7-21-19(14-17)18-4-2-1-3-5-20(18)26-21)29-11-8-16(9-12-29)23-28-27-22-15-25-10-13-30(22)23/h6-7,10,13-16,26H,1-5,8-9,11-12H2. The van der Waals surface area contributed by atoms with Gasteiger partial charge in [0.15, 0.2) is 5.65 Å². The van der Waals surface area contributed by atoms with E-state index in [2.05, 4.69) is 32.3 Å². The highest BCUT2D eigenvalue weighted by molar-refractivity contribution is 5.99. The molecule has 31 heavy (non-hydrogen) atoms. The third-order valence-electron chi connectivity index (χ3n) is 6.98. The molecule has 2 aliphatic rings. The van der Waals surface area contributed by atoms with E-state index in [0.717, 1.165) is 61.3 Å². The number of carbonyl (C=O) groups is 1. The molecule has 0 bridgehead atoms. The van der Waals surface area contributed by atoms with Gasteiger partial charge in [0.1, 0.15) is 5.82 Å². The zero-order chi connectivity index (χ0) is 20.8. The van der Waals surface area contributed by atoms with Gasteiger partial charge in [-0.05, 0) is 62.3 Å². The molecule has 1 saturated heterocycles. The van der Waals surface area contributed by atoms with Gasteiger partial charge in [0.25, 0.3) is 5.91 Å². The lowest BCUT2D eigenvalue weighted by Gasteiger charge is -2.31. The Kier molecular flexibility index (Phi) is 4.47. The molecule has 1 aliphatic carbocycles. The smallest absolute Gasteiger partial charge is 0.253 e. The Morgan fingerprint density at radius 3 is 2.84 bits per heavy atom. The molecule has 1 amide bonds. The largest absolute Gasteiger partial charge is 0.358 e. The molecule has 0 saturated carbocycles. The molecule has 1 aromatic carbocycles. The number of fused-ring (bicyclic) bond motifs is 4. The van der Waals surface area contributed by atoms with Crippen molar-refractivity contribution in [3.63, 3.8) is 0 Å². The van der Waals surface area contributed by atoms with Crippen LogP contribution in [0.2, 0.25) is 0 Å². The summed E-state index contributed by atoms with van der Waals surface area (Å²) in [4.78, 5) is 23.0. The summed E-state index contributed by atoms with van der Waals surface area (Å²) in [6, 6.07) is 6.18. The van der Waals surface area contributed by atoms with Crippen LogP contribution in [0.4, 0.5) is 0 Å². The number of nitrogens with one attached hydrogen (secondary N) is 1. The minimum Gasteiger partial charge on any atom is -0.358 e. The molecule has 6 rings (SSSR count). The third kappa shape index (κ3) is 3.19. The van der Waals surface area contributed by atoms with Crippen molar-refractivity contribution in [2.24, 2.45) is 0 Å². The average molecular weight is 415 g/mol. The number of nitrogens with zero attached hydrogens (tertiary/aromatic N) is 5. The van der Waals surface area contributed by atoms with Crippen LogP contribution in [-0.2, 0) is 12.8 Å². The minimum absolute atomic E-state index is 0.138. The van der Waals surface area contributed by atoms with E-state index in [1.807, 2.05) is 21.6 Å². The van der Waals surface area contributed by atoms with Crippen molar-refractivity contribution in [1.82, 2.24) is 29.5 Å². The first kappa shape index (κ1) is 18.5. The molecule has 0 radical (unpaired) electrons. The van der Waals surface area contributed by atoms with Crippen molar-refractivity contribution in [2.45, 2.75) is 50.9 Å². The summed E-state index contributed by atoms with van der Waals surface area (Å²) in [5.41, 5.74) is 5.53. The Bertz CT molecular complexity index is 1260. The fourth-order valence-electron chi connectivity index (χ4n) is 5.29. The van der Waals surface area contributed by atoms with Crippen molar-refractivity contribution in [2.75, 3.05) is 13.1 Å². The van der Waals surface area contributed by atoms with Crippen molar-refractivity contribution in [3.8, 4) is 0 Å². The molecule has 7 heteroatoms. The maximum absolute atomic E-state index is 13.3. The quantitative estimate of drug-likeness (QED) is 0.505. The van der Waals surface area contributed by atoms with E-state index in [9.17, 15) is 4.79 Å². The van der Waals surface area contributed by atoms with E-state index >= 15 is 0 Å². The van der Waals surface area contributed by atoms with Gasteiger partial charge in [0.05, 0.1) is 6.20 Å². The maximum atomic E-state index is 13.3. The highest BCUT2D eigenvalue weighted by Gasteiger charge is 2.28. The minimum atomic E-state index is 0.138. The van der Waals surface area contributed by atoms with E-state index in [1.54, 1.807) is 12.4 Å². The molecular formula is C24H26N6O. The van der Waals surface area contributed by atoms with Crippen LogP contribution in [-0.4, -0.2) is 48.5 Å². The highest BCUT2D eigenvalue weighted by Crippen LogP contribution is 2.31. The van der Waals surface area contributed by atoms with Crippen LogP contribution in [0.1, 0.15) is 65.5 Å². The SMILES string of the molecule is O=C(c1ccc2[nH]c3c(c2c1)CCCCC3)N1CCC(c2nnc3cnccn23)CC1. The average Bonchev–Trinajstić information content (AvgIpc) is 3.32. The van der Waals surface area contributed by atoms with E-state index in [-0.39, 0.29) is 5.91 Å². The van der Waals surface area contributed by atoms with E-state index in [1.165, 1.54) is 35.9 Å². The zero-order valence-corrected chi connectivity index (χ0v) is 17.5. The molecule has 1 N–H and O–H groups in total. The van der Waals surface area contributed by atoms with Crippen molar-refractivity contribution in [1.29, 1.82) is 0 Å². The summed E-state index contributed by atoms with van der Waals surface area (Å²) in [5, 5.41) is 9.86. The van der Waals surface area contributed by atoms with Gasteiger partial charge < -0.3 is 9.88 Å². The Morgan fingerprint density at radius 1 is 1.06 bits per heavy atom. The van der Waals surface area contributed by atoms with E-state index in [0.29, 0.717) is 5.92 Å². The second-order valence-corrected chi connectivity index (χ2v) is 8.83. The van der Waals surface area contributed by atoms with Crippen LogP contribution < -0.4 is 0 Å². The number of aryl methyl sites for hydroxylation is 2. The summed E-state index contributed by atoms with van der Waals surface area (Å²) in [5.74, 6) is 1.42. The lowest BCUT2D eigenvalue weighted by molar-refractivity contribution is 0.0711. The molecular weight excluding hydrogens is 388 g/mol. The number of likely N-dealkylation sites (tertiary alicyclic amines) is 1. The van der Waals surface area contributed by atoms with Gasteiger partial charge >= 0.3 is 0 Å². The highest BCUT2D eigenvalue weighted by atomic mass is 16.2. The summed E-state index contributed by atoms with van der Waals surface area (Å²) in [6.45, 7) is 1.49. The zero-order valence-electron chi connectivity index (χ0n) is 17.5. The van der Waals surface area contributed by atoms with Crippen molar-refractivity contribution in [3.05, 3.63) is 59.4 Å². The first-order valence-corrected chi connectivity index (χ1v) is 11.4. The van der Waals surface area contributed by atoms with Gasteiger partial charge in [-0.15, -0.1) is 10.2 Å². The van der Waals surface area contributed by atoms with Crippen LogP contribution >= 0.6 is 0 Å². The summed E-state index contributed by atoms with van der Waals surface area (Å²) >= 11 is 0. The number of amides is 1. The van der Waals surface area contributed by atoms with Gasteiger partial charge in [-0.25, -0.2) is 0 Å². The Morgan fingerprint density at radius 2 is 1.94 bits per heavy atom. The predicted molar refractivity (Wildman–Crippen MR) is 118 cm³/mol. The van der Waals surface area contributed by atoms with Crippen molar-refractivity contribution < 1.29 is 4.79 Å². The van der Waals surface area contributed by atoms with Gasteiger partial charge in [-0.2, -0.15) is 0 Å². The molecule has 1 fully saturated rings. The third-order valence-corrected chi connectivity index (χ3v) is 6.98. The summed E-state index contributed by atoms with van der Waals surface area (Å²) < 4.78 is 2.01. The molecule has 0 unspecified atom stereocenters. The van der Waals surface area contributed by atoms with Gasteiger partial charge in [-0.1, -0.05) is 6.42 Å². The molecule has 0 spiro atoms. The fourth-order valence-corrected chi connectivity index (χ4v) is 5.29. The molecule has 4 heterocycles. The Labute approximate surface area is 180 Å². The monoisotopic (exact) mass is 414 g/mol. The number of aromatic nitrogens is 5. The van der Waals surface area contributed by atoms with Crippen LogP contribution in [0.15, 0.2) is 36.8 Å². The predicted octanol–water partition coefficient (Wildman–Crippen LogP) is 3.89. The second-order valence-electron chi connectivity index (χ2n) is 8.83. The lowest BCUT2D eigenvalue weighted by Crippen LogP contribution is -2.38. The van der Waals surface area contributed by atoms with Crippen molar-refractivity contribution >= 4 is 22.5 Å². The topological polar surface area (TPSA) is 79.2 Å². The molecule has 158 valence electrons. The second kappa shape index (κ2) is 7.48. The Hall–Kier alpha value is -3.22. The molecule has 0 atom stereocenters. The number of hydrogen-bond acceptors (Lipinski definition) is 4. The number of benzene rings is 1. The number of aromatic amines is 1. The van der Waals surface area contributed by atoms with Gasteiger partial charge in [-0.3, -0.25) is 14.2 Å². The number of carbonyl (C=O) groups excluding carboxylic acids is 1. The fraction of sp³-hybridized carbons (Fsp3) is 0.417. The van der Waals surface area contributed by atoms with E-state index < -0.39 is 0 Å². The van der Waals surface area contributed by atoms with Crippen LogP contribution in [0.25, 0.3) is 16.6 Å². The maximum Gasteiger partial charge on any atom is 0.253 e. The first-order chi connectivity index (χ1) is 15.3. The van der Waals surface area contributed by atoms with Gasteiger partial charge in [0.2, 0.25) is 0 Å². The van der Waals surface area contributed by atoms with E-state index in [4.69, 9.17) is 0 Å². The first-order valence-electron chi connectivity index (χ1n) is 11.4. The normalized spacial score (nSPS) is 17.7. The molecule has 3 aromatic heterocycles. The molecule has 4 aromatic rings. The summed E-state index contributed by atoms with van der Waals surface area (Å²) in [6.07, 6.45) is 13.2. The number of H-pyrrole nitrogens is 1. The van der Waals surface area contributed by atoms with Crippen LogP contribution in [0.3, 0.4) is 0 Å². The van der Waals surface area contributed by atoms with Gasteiger partial charge in [0, 0.05) is 53.6 Å². The van der Waals surface area contributed by atoms with Crippen LogP contribution in [0.5, 0.6) is 0 Å². The number of piperidine rings is 1. The Balaban J connectivity index is 1.21. The lowest BCUT2D eigenvalue weighted by atomic mass is 9.95.